The minimum absolute atomic E-state index is 0.0318. The smallest absolute Gasteiger partial charge is 0.341 e. The lowest BCUT2D eigenvalue weighted by molar-refractivity contribution is 0.0528. The maximum Gasteiger partial charge on any atom is 0.341 e. The molecule has 29 heavy (non-hydrogen) atoms. The molecule has 0 radical (unpaired) electrons. The van der Waals surface area contributed by atoms with Gasteiger partial charge in [0.1, 0.15) is 0 Å². The highest BCUT2D eigenvalue weighted by molar-refractivity contribution is 7.11. The van der Waals surface area contributed by atoms with Crippen molar-refractivity contribution in [1.82, 2.24) is 15.3 Å². The van der Waals surface area contributed by atoms with Crippen LogP contribution < -0.4 is 25.4 Å². The maximum absolute atomic E-state index is 12.2. The third-order valence-corrected chi connectivity index (χ3v) is 4.96. The van der Waals surface area contributed by atoms with Gasteiger partial charge in [0.2, 0.25) is 17.7 Å². The van der Waals surface area contributed by atoms with Crippen molar-refractivity contribution in [2.75, 3.05) is 38.1 Å². The van der Waals surface area contributed by atoms with Crippen molar-refractivity contribution in [3.05, 3.63) is 21.9 Å². The summed E-state index contributed by atoms with van der Waals surface area (Å²) in [5, 5.41) is 9.99. The molecule has 2 rings (SSSR count). The van der Waals surface area contributed by atoms with Crippen molar-refractivity contribution >= 4 is 35.0 Å². The van der Waals surface area contributed by atoms with E-state index in [0.717, 1.165) is 4.88 Å². The van der Waals surface area contributed by atoms with Crippen LogP contribution in [0.25, 0.3) is 0 Å². The fourth-order valence-corrected chi connectivity index (χ4v) is 3.40. The number of nitrogens with one attached hydrogen (secondary N) is 3. The fourth-order valence-electron chi connectivity index (χ4n) is 2.37. The third kappa shape index (κ3) is 5.95. The number of ether oxygens (including phenoxy) is 3. The number of methoxy groups -OCH3 is 2. The van der Waals surface area contributed by atoms with Gasteiger partial charge in [-0.15, -0.1) is 11.3 Å². The van der Waals surface area contributed by atoms with Gasteiger partial charge in [-0.05, 0) is 12.8 Å². The lowest BCUT2D eigenvalue weighted by Crippen LogP contribution is -2.34. The molecule has 2 aromatic heterocycles. The molecule has 0 aromatic carbocycles. The summed E-state index contributed by atoms with van der Waals surface area (Å²) in [6, 6.07) is 0.956. The molecule has 2 heterocycles. The van der Waals surface area contributed by atoms with Gasteiger partial charge in [0.05, 0.1) is 44.8 Å². The second kappa shape index (κ2) is 10.5. The van der Waals surface area contributed by atoms with E-state index in [-0.39, 0.29) is 36.9 Å². The first-order valence-corrected chi connectivity index (χ1v) is 9.81. The Hall–Kier alpha value is -3.08. The molecule has 0 spiro atoms. The van der Waals surface area contributed by atoms with E-state index in [0.29, 0.717) is 11.3 Å². The molecule has 0 aliphatic heterocycles. The quantitative estimate of drug-likeness (QED) is 0.415. The molecule has 0 bridgehead atoms. The number of hydrogen-bond donors (Lipinski definition) is 3. The Kier molecular flexibility index (Phi) is 8.01. The first kappa shape index (κ1) is 22.2. The summed E-state index contributed by atoms with van der Waals surface area (Å²) < 4.78 is 15.2. The molecule has 158 valence electrons. The molecule has 2 amide bonds. The van der Waals surface area contributed by atoms with Crippen LogP contribution in [0.2, 0.25) is 0 Å². The van der Waals surface area contributed by atoms with Crippen LogP contribution in [0.4, 0.5) is 16.4 Å². The van der Waals surface area contributed by atoms with E-state index in [2.05, 4.69) is 25.9 Å². The van der Waals surface area contributed by atoms with Crippen LogP contribution in [0.5, 0.6) is 11.8 Å². The normalized spacial score (nSPS) is 10.4. The SMILES string of the molecule is CCOC(=O)c1csc(C(C)C)c1NCNC(=O)Nc1nc(OC)cc(OC)n1. The molecular weight excluding hydrogens is 398 g/mol. The van der Waals surface area contributed by atoms with Gasteiger partial charge in [0, 0.05) is 10.3 Å². The van der Waals surface area contributed by atoms with Gasteiger partial charge in [0.25, 0.3) is 0 Å². The van der Waals surface area contributed by atoms with E-state index in [4.69, 9.17) is 14.2 Å². The van der Waals surface area contributed by atoms with Crippen molar-refractivity contribution in [2.45, 2.75) is 26.7 Å². The van der Waals surface area contributed by atoms with E-state index in [1.165, 1.54) is 31.6 Å². The standard InChI is InChI=1S/C18H25N5O5S/c1-6-28-16(24)11-8-29-15(10(2)3)14(11)19-9-20-18(25)23-17-21-12(26-4)7-13(22-17)27-5/h7-8,10,19H,6,9H2,1-5H3,(H2,20,21,22,23,25). The number of nitrogens with zero attached hydrogens (tertiary/aromatic N) is 2. The summed E-state index contributed by atoms with van der Waals surface area (Å²) in [6.07, 6.45) is 0. The van der Waals surface area contributed by atoms with Crippen molar-refractivity contribution in [3.8, 4) is 11.8 Å². The Balaban J connectivity index is 2.02. The fraction of sp³-hybridized carbons (Fsp3) is 0.444. The third-order valence-electron chi connectivity index (χ3n) is 3.68. The monoisotopic (exact) mass is 423 g/mol. The van der Waals surface area contributed by atoms with Crippen molar-refractivity contribution in [1.29, 1.82) is 0 Å². The summed E-state index contributed by atoms with van der Waals surface area (Å²) in [5.74, 6) is 0.342. The highest BCUT2D eigenvalue weighted by Crippen LogP contribution is 2.34. The number of amides is 2. The molecule has 10 nitrogen and oxygen atoms in total. The molecule has 11 heteroatoms. The van der Waals surface area contributed by atoms with Gasteiger partial charge < -0.3 is 24.8 Å². The van der Waals surface area contributed by atoms with Gasteiger partial charge in [0.15, 0.2) is 0 Å². The zero-order chi connectivity index (χ0) is 21.4. The van der Waals surface area contributed by atoms with E-state index in [1.54, 1.807) is 12.3 Å². The Labute approximate surface area is 173 Å². The molecule has 0 aliphatic rings. The van der Waals surface area contributed by atoms with Crippen LogP contribution >= 0.6 is 11.3 Å². The Bertz CT molecular complexity index is 833. The molecule has 0 atom stereocenters. The minimum atomic E-state index is -0.535. The Morgan fingerprint density at radius 3 is 2.38 bits per heavy atom. The number of aromatic nitrogens is 2. The number of carbonyl (C=O) groups excluding carboxylic acids is 2. The Morgan fingerprint density at radius 1 is 1.17 bits per heavy atom. The van der Waals surface area contributed by atoms with E-state index >= 15 is 0 Å². The maximum atomic E-state index is 12.2. The van der Waals surface area contributed by atoms with Crippen LogP contribution in [0.1, 0.15) is 41.9 Å². The first-order chi connectivity index (χ1) is 13.9. The van der Waals surface area contributed by atoms with Crippen LogP contribution in [0, 0.1) is 0 Å². The predicted molar refractivity (Wildman–Crippen MR) is 110 cm³/mol. The lowest BCUT2D eigenvalue weighted by Gasteiger charge is -2.13. The van der Waals surface area contributed by atoms with Gasteiger partial charge in [-0.3, -0.25) is 5.32 Å². The molecule has 0 aliphatic carbocycles. The largest absolute Gasteiger partial charge is 0.481 e. The second-order valence-corrected chi connectivity index (χ2v) is 6.94. The second-order valence-electron chi connectivity index (χ2n) is 6.02. The molecule has 2 aromatic rings. The van der Waals surface area contributed by atoms with Crippen molar-refractivity contribution < 1.29 is 23.8 Å². The highest BCUT2D eigenvalue weighted by atomic mass is 32.1. The number of thiophene rings is 1. The summed E-state index contributed by atoms with van der Waals surface area (Å²) >= 11 is 1.47. The van der Waals surface area contributed by atoms with Gasteiger partial charge >= 0.3 is 12.0 Å². The molecule has 3 N–H and O–H groups in total. The van der Waals surface area contributed by atoms with Crippen molar-refractivity contribution in [2.24, 2.45) is 0 Å². The van der Waals surface area contributed by atoms with Crippen LogP contribution in [-0.2, 0) is 4.74 Å². The van der Waals surface area contributed by atoms with Crippen LogP contribution in [0.3, 0.4) is 0 Å². The molecule has 0 saturated carbocycles. The zero-order valence-electron chi connectivity index (χ0n) is 17.0. The van der Waals surface area contributed by atoms with Gasteiger partial charge in [-0.2, -0.15) is 9.97 Å². The minimum Gasteiger partial charge on any atom is -0.481 e. The Morgan fingerprint density at radius 2 is 1.83 bits per heavy atom. The number of hydrogen-bond acceptors (Lipinski definition) is 9. The summed E-state index contributed by atoms with van der Waals surface area (Å²) in [4.78, 5) is 33.4. The van der Waals surface area contributed by atoms with Crippen molar-refractivity contribution in [3.63, 3.8) is 0 Å². The van der Waals surface area contributed by atoms with E-state index < -0.39 is 12.0 Å². The molecule has 0 saturated heterocycles. The number of rotatable bonds is 9. The average molecular weight is 423 g/mol. The first-order valence-electron chi connectivity index (χ1n) is 8.93. The predicted octanol–water partition coefficient (Wildman–Crippen LogP) is 3.05. The molecule has 0 fully saturated rings. The number of esters is 1. The summed E-state index contributed by atoms with van der Waals surface area (Å²) in [5.41, 5.74) is 1.10. The van der Waals surface area contributed by atoms with Crippen LogP contribution in [0.15, 0.2) is 11.4 Å². The van der Waals surface area contributed by atoms with Gasteiger partial charge in [-0.25, -0.2) is 9.59 Å². The van der Waals surface area contributed by atoms with Gasteiger partial charge in [-0.1, -0.05) is 13.8 Å². The topological polar surface area (TPSA) is 124 Å². The zero-order valence-corrected chi connectivity index (χ0v) is 17.8. The molecular formula is C18H25N5O5S. The summed E-state index contributed by atoms with van der Waals surface area (Å²) in [7, 11) is 2.90. The lowest BCUT2D eigenvalue weighted by atomic mass is 10.1. The molecule has 0 unspecified atom stereocenters. The van der Waals surface area contributed by atoms with E-state index in [9.17, 15) is 9.59 Å². The average Bonchev–Trinajstić information content (AvgIpc) is 3.12. The summed E-state index contributed by atoms with van der Waals surface area (Å²) in [6.45, 7) is 6.17. The number of carbonyl (C=O) groups is 2. The van der Waals surface area contributed by atoms with Crippen LogP contribution in [-0.4, -0.2) is 49.5 Å². The highest BCUT2D eigenvalue weighted by Gasteiger charge is 2.20. The van der Waals surface area contributed by atoms with E-state index in [1.807, 2.05) is 13.8 Å². The number of anilines is 2. The number of urea groups is 1.